The van der Waals surface area contributed by atoms with Crippen LogP contribution in [0.5, 0.6) is 11.5 Å². The van der Waals surface area contributed by atoms with E-state index in [-0.39, 0.29) is 21.9 Å². The summed E-state index contributed by atoms with van der Waals surface area (Å²) in [6, 6.07) is 8.19. The number of carbonyl (C=O) groups excluding carboxylic acids is 1. The Kier molecular flexibility index (Phi) is 6.39. The Bertz CT molecular complexity index is 1000. The number of amides is 1. The number of ether oxygens (including phenoxy) is 2. The molecule has 0 atom stereocenters. The van der Waals surface area contributed by atoms with Gasteiger partial charge in [0.05, 0.1) is 19.8 Å². The van der Waals surface area contributed by atoms with Crippen LogP contribution in [0.2, 0.25) is 0 Å². The second-order valence-electron chi connectivity index (χ2n) is 6.63. The average molecular weight is 422 g/mol. The minimum atomic E-state index is -3.78. The first-order valence-electron chi connectivity index (χ1n) is 9.20. The van der Waals surface area contributed by atoms with Gasteiger partial charge in [0.15, 0.2) is 0 Å². The molecule has 2 aromatic rings. The van der Waals surface area contributed by atoms with E-state index < -0.39 is 21.7 Å². The maximum Gasteiger partial charge on any atom is 0.258 e. The van der Waals surface area contributed by atoms with Crippen molar-refractivity contribution in [2.45, 2.75) is 24.2 Å². The standard InChI is InChI=1S/C20H23FN2O5S/c1-27-15-7-8-16(17(21)13-15)20(24)22-14-6-9-18(28-2)19(12-14)29(25,26)23-10-4-3-5-11-23/h6-9,12-13H,3-5,10-11H2,1-2H3,(H,22,24). The van der Waals surface area contributed by atoms with Gasteiger partial charge in [-0.3, -0.25) is 4.79 Å². The van der Waals surface area contributed by atoms with Gasteiger partial charge in [-0.15, -0.1) is 0 Å². The number of anilines is 1. The minimum Gasteiger partial charge on any atom is -0.497 e. The number of carbonyl (C=O) groups is 1. The highest BCUT2D eigenvalue weighted by molar-refractivity contribution is 7.89. The highest BCUT2D eigenvalue weighted by Gasteiger charge is 2.29. The lowest BCUT2D eigenvalue weighted by Gasteiger charge is -2.26. The number of nitrogens with zero attached hydrogens (tertiary/aromatic N) is 1. The SMILES string of the molecule is COc1ccc(C(=O)Nc2ccc(OC)c(S(=O)(=O)N3CCCCC3)c2)c(F)c1. The molecular weight excluding hydrogens is 399 g/mol. The summed E-state index contributed by atoms with van der Waals surface area (Å²) in [4.78, 5) is 12.4. The molecule has 29 heavy (non-hydrogen) atoms. The molecule has 1 N–H and O–H groups in total. The molecule has 0 radical (unpaired) electrons. The molecule has 0 aliphatic carbocycles. The number of hydrogen-bond donors (Lipinski definition) is 1. The summed E-state index contributed by atoms with van der Waals surface area (Å²) < 4.78 is 51.8. The third-order valence-corrected chi connectivity index (χ3v) is 6.70. The molecule has 0 unspecified atom stereocenters. The first kappa shape index (κ1) is 21.1. The van der Waals surface area contributed by atoms with Crippen LogP contribution in [-0.4, -0.2) is 45.9 Å². The highest BCUT2D eigenvalue weighted by atomic mass is 32.2. The van der Waals surface area contributed by atoms with Crippen LogP contribution in [0, 0.1) is 5.82 Å². The minimum absolute atomic E-state index is 0.0325. The molecule has 0 aromatic heterocycles. The molecule has 1 heterocycles. The predicted molar refractivity (Wildman–Crippen MR) is 107 cm³/mol. The zero-order valence-electron chi connectivity index (χ0n) is 16.3. The van der Waals surface area contributed by atoms with Crippen LogP contribution < -0.4 is 14.8 Å². The summed E-state index contributed by atoms with van der Waals surface area (Å²) >= 11 is 0. The molecule has 1 fully saturated rings. The van der Waals surface area contributed by atoms with Gasteiger partial charge >= 0.3 is 0 Å². The summed E-state index contributed by atoms with van der Waals surface area (Å²) in [6.45, 7) is 0.887. The van der Waals surface area contributed by atoms with Crippen molar-refractivity contribution in [2.75, 3.05) is 32.6 Å². The zero-order chi connectivity index (χ0) is 21.0. The Balaban J connectivity index is 1.89. The van der Waals surface area contributed by atoms with E-state index in [0.29, 0.717) is 18.8 Å². The first-order valence-corrected chi connectivity index (χ1v) is 10.6. The molecule has 7 nitrogen and oxygen atoms in total. The molecule has 156 valence electrons. The fourth-order valence-corrected chi connectivity index (χ4v) is 4.90. The third-order valence-electron chi connectivity index (χ3n) is 4.78. The molecular formula is C20H23FN2O5S. The second kappa shape index (κ2) is 8.79. The molecule has 1 amide bonds. The fourth-order valence-electron chi connectivity index (χ4n) is 3.21. The van der Waals surface area contributed by atoms with Crippen molar-refractivity contribution >= 4 is 21.6 Å². The van der Waals surface area contributed by atoms with Gasteiger partial charge in [0.25, 0.3) is 5.91 Å². The fraction of sp³-hybridized carbons (Fsp3) is 0.350. The molecule has 9 heteroatoms. The summed E-state index contributed by atoms with van der Waals surface area (Å²) in [6.07, 6.45) is 2.59. The predicted octanol–water partition coefficient (Wildman–Crippen LogP) is 3.27. The number of halogens is 1. The molecule has 2 aromatic carbocycles. The van der Waals surface area contributed by atoms with E-state index in [1.165, 1.54) is 48.9 Å². The van der Waals surface area contributed by atoms with E-state index in [9.17, 15) is 17.6 Å². The second-order valence-corrected chi connectivity index (χ2v) is 8.54. The molecule has 1 aliphatic heterocycles. The quantitative estimate of drug-likeness (QED) is 0.772. The van der Waals surface area contributed by atoms with Crippen LogP contribution in [0.1, 0.15) is 29.6 Å². The van der Waals surface area contributed by atoms with Crippen LogP contribution in [0.15, 0.2) is 41.3 Å². The van der Waals surface area contributed by atoms with Gasteiger partial charge in [-0.1, -0.05) is 6.42 Å². The van der Waals surface area contributed by atoms with Crippen molar-refractivity contribution in [3.63, 3.8) is 0 Å². The number of sulfonamides is 1. The summed E-state index contributed by atoms with van der Waals surface area (Å²) in [5, 5.41) is 2.54. The van der Waals surface area contributed by atoms with Gasteiger partial charge in [0, 0.05) is 24.8 Å². The van der Waals surface area contributed by atoms with E-state index in [1.54, 1.807) is 0 Å². The maximum atomic E-state index is 14.2. The van der Waals surface area contributed by atoms with Crippen LogP contribution in [-0.2, 0) is 10.0 Å². The number of rotatable bonds is 6. The number of nitrogens with one attached hydrogen (secondary N) is 1. The largest absolute Gasteiger partial charge is 0.497 e. The normalized spacial score (nSPS) is 15.0. The highest BCUT2D eigenvalue weighted by Crippen LogP contribution is 2.31. The van der Waals surface area contributed by atoms with Crippen LogP contribution in [0.3, 0.4) is 0 Å². The molecule has 0 saturated carbocycles. The zero-order valence-corrected chi connectivity index (χ0v) is 17.1. The van der Waals surface area contributed by atoms with Gasteiger partial charge in [-0.25, -0.2) is 12.8 Å². The third kappa shape index (κ3) is 4.51. The Morgan fingerprint density at radius 2 is 1.76 bits per heavy atom. The van der Waals surface area contributed by atoms with Gasteiger partial charge in [-0.2, -0.15) is 4.31 Å². The monoisotopic (exact) mass is 422 g/mol. The van der Waals surface area contributed by atoms with Crippen molar-refractivity contribution in [3.05, 3.63) is 47.8 Å². The van der Waals surface area contributed by atoms with E-state index in [1.807, 2.05) is 0 Å². The number of piperidine rings is 1. The summed E-state index contributed by atoms with van der Waals surface area (Å²) in [7, 11) is -0.995. The Hall–Kier alpha value is -2.65. The topological polar surface area (TPSA) is 84.9 Å². The van der Waals surface area contributed by atoms with Crippen molar-refractivity contribution in [3.8, 4) is 11.5 Å². The lowest BCUT2D eigenvalue weighted by molar-refractivity contribution is 0.102. The van der Waals surface area contributed by atoms with Gasteiger partial charge in [0.2, 0.25) is 10.0 Å². The van der Waals surface area contributed by atoms with Crippen LogP contribution in [0.4, 0.5) is 10.1 Å². The Morgan fingerprint density at radius 1 is 1.03 bits per heavy atom. The lowest BCUT2D eigenvalue weighted by atomic mass is 10.2. The number of methoxy groups -OCH3 is 2. The number of hydrogen-bond acceptors (Lipinski definition) is 5. The van der Waals surface area contributed by atoms with Crippen molar-refractivity contribution in [1.82, 2.24) is 4.31 Å². The lowest BCUT2D eigenvalue weighted by Crippen LogP contribution is -2.35. The average Bonchev–Trinajstić information content (AvgIpc) is 2.74. The molecule has 0 spiro atoms. The van der Waals surface area contributed by atoms with Crippen molar-refractivity contribution < 1.29 is 27.1 Å². The summed E-state index contributed by atoms with van der Waals surface area (Å²) in [5.41, 5.74) is 0.0451. The van der Waals surface area contributed by atoms with E-state index in [0.717, 1.165) is 25.3 Å². The van der Waals surface area contributed by atoms with Crippen molar-refractivity contribution in [2.24, 2.45) is 0 Å². The molecule has 1 aliphatic rings. The maximum absolute atomic E-state index is 14.2. The smallest absolute Gasteiger partial charge is 0.258 e. The Morgan fingerprint density at radius 3 is 2.38 bits per heavy atom. The van der Waals surface area contributed by atoms with Crippen LogP contribution in [0.25, 0.3) is 0 Å². The van der Waals surface area contributed by atoms with E-state index in [4.69, 9.17) is 9.47 Å². The number of benzene rings is 2. The van der Waals surface area contributed by atoms with E-state index >= 15 is 0 Å². The first-order chi connectivity index (χ1) is 13.9. The molecule has 3 rings (SSSR count). The van der Waals surface area contributed by atoms with Crippen LogP contribution >= 0.6 is 0 Å². The van der Waals surface area contributed by atoms with E-state index in [2.05, 4.69) is 5.32 Å². The molecule has 1 saturated heterocycles. The Labute approximate surface area is 169 Å². The van der Waals surface area contributed by atoms with Crippen molar-refractivity contribution in [1.29, 1.82) is 0 Å². The molecule has 0 bridgehead atoms. The van der Waals surface area contributed by atoms with Gasteiger partial charge < -0.3 is 14.8 Å². The van der Waals surface area contributed by atoms with Gasteiger partial charge in [-0.05, 0) is 43.2 Å². The van der Waals surface area contributed by atoms with Gasteiger partial charge in [0.1, 0.15) is 22.2 Å². The summed E-state index contributed by atoms with van der Waals surface area (Å²) in [5.74, 6) is -0.962.